The molecule has 0 fully saturated rings. The summed E-state index contributed by atoms with van der Waals surface area (Å²) in [6.45, 7) is 2.26. The largest absolute Gasteiger partial charge is 0.460 e. The maximum absolute atomic E-state index is 8.57. The molecule has 0 radical (unpaired) electrons. The number of nitrogens with one attached hydrogen (secondary N) is 1. The quantitative estimate of drug-likeness (QED) is 0.729. The lowest BCUT2D eigenvalue weighted by Gasteiger charge is -2.04. The van der Waals surface area contributed by atoms with Gasteiger partial charge in [-0.2, -0.15) is 0 Å². The highest BCUT2D eigenvalue weighted by atomic mass is 35.5. The molecule has 1 aromatic carbocycles. The topological polar surface area (TPSA) is 54.6 Å². The molecule has 4 nitrogen and oxygen atoms in total. The summed E-state index contributed by atoms with van der Waals surface area (Å²) in [5.74, 6) is 1.53. The minimum atomic E-state index is 0.0450. The van der Waals surface area contributed by atoms with Crippen molar-refractivity contribution in [3.63, 3.8) is 0 Å². The molecule has 1 heterocycles. The van der Waals surface area contributed by atoms with Crippen LogP contribution in [0.5, 0.6) is 0 Å². The molecule has 0 unspecified atom stereocenters. The molecule has 2 N–H and O–H groups in total. The van der Waals surface area contributed by atoms with Crippen LogP contribution < -0.4 is 5.32 Å². The summed E-state index contributed by atoms with van der Waals surface area (Å²) in [5.41, 5.74) is 0.818. The highest BCUT2D eigenvalue weighted by Gasteiger charge is 2.09. The fraction of sp³-hybridized carbons (Fsp3) is 0.333. The molecule has 1 aromatic heterocycles. The molecule has 0 saturated carbocycles. The lowest BCUT2D eigenvalue weighted by atomic mass is 10.2. The monoisotopic (exact) mass is 329 g/mol. The van der Waals surface area contributed by atoms with Gasteiger partial charge in [-0.15, -0.1) is 0 Å². The van der Waals surface area contributed by atoms with Crippen molar-refractivity contribution in [2.24, 2.45) is 0 Å². The van der Waals surface area contributed by atoms with E-state index in [-0.39, 0.29) is 6.61 Å². The van der Waals surface area contributed by atoms with Gasteiger partial charge in [-0.25, -0.2) is 0 Å². The molecular formula is C15H17Cl2NO3. The van der Waals surface area contributed by atoms with E-state index in [9.17, 15) is 0 Å². The summed E-state index contributed by atoms with van der Waals surface area (Å²) in [7, 11) is 0. The summed E-state index contributed by atoms with van der Waals surface area (Å²) in [4.78, 5) is 0. The predicted molar refractivity (Wildman–Crippen MR) is 83.8 cm³/mol. The first kappa shape index (κ1) is 16.3. The predicted octanol–water partition coefficient (Wildman–Crippen LogP) is 3.35. The van der Waals surface area contributed by atoms with Crippen molar-refractivity contribution in [1.29, 1.82) is 0 Å². The lowest BCUT2D eigenvalue weighted by Crippen LogP contribution is -2.19. The van der Waals surface area contributed by atoms with Crippen LogP contribution >= 0.6 is 23.2 Å². The van der Waals surface area contributed by atoms with Gasteiger partial charge in [-0.05, 0) is 30.3 Å². The Balaban J connectivity index is 1.86. The first-order chi connectivity index (χ1) is 10.2. The Bertz CT molecular complexity index is 572. The summed E-state index contributed by atoms with van der Waals surface area (Å²) < 4.78 is 10.9. The van der Waals surface area contributed by atoms with Crippen molar-refractivity contribution in [3.8, 4) is 11.3 Å². The van der Waals surface area contributed by atoms with Gasteiger partial charge in [-0.1, -0.05) is 23.2 Å². The molecular weight excluding hydrogens is 313 g/mol. The van der Waals surface area contributed by atoms with E-state index in [0.717, 1.165) is 11.3 Å². The second kappa shape index (κ2) is 8.41. The number of hydrogen-bond donors (Lipinski definition) is 2. The molecule has 0 saturated heterocycles. The molecule has 0 atom stereocenters. The SMILES string of the molecule is OCCOCCNCc1ccc(-c2ccc(Cl)cc2Cl)o1. The Morgan fingerprint density at radius 1 is 1.14 bits per heavy atom. The number of benzene rings is 1. The standard InChI is InChI=1S/C15H17Cl2NO3/c16-11-1-3-13(14(17)9-11)15-4-2-12(21-15)10-18-5-7-20-8-6-19/h1-4,9,18-19H,5-8,10H2. The van der Waals surface area contributed by atoms with Crippen LogP contribution in [0.1, 0.15) is 5.76 Å². The van der Waals surface area contributed by atoms with E-state index >= 15 is 0 Å². The zero-order valence-electron chi connectivity index (χ0n) is 11.4. The van der Waals surface area contributed by atoms with Crippen molar-refractivity contribution >= 4 is 23.2 Å². The third-order valence-corrected chi connectivity index (χ3v) is 3.36. The second-order valence-electron chi connectivity index (χ2n) is 4.40. The van der Waals surface area contributed by atoms with Crippen molar-refractivity contribution in [1.82, 2.24) is 5.32 Å². The molecule has 0 aliphatic heterocycles. The van der Waals surface area contributed by atoms with Gasteiger partial charge in [0, 0.05) is 17.1 Å². The normalized spacial score (nSPS) is 11.0. The van der Waals surface area contributed by atoms with E-state index in [4.69, 9.17) is 37.5 Å². The van der Waals surface area contributed by atoms with Crippen molar-refractivity contribution < 1.29 is 14.3 Å². The van der Waals surface area contributed by atoms with E-state index in [2.05, 4.69) is 5.32 Å². The van der Waals surface area contributed by atoms with Gasteiger partial charge in [0.05, 0.1) is 31.4 Å². The summed E-state index contributed by atoms with van der Waals surface area (Å²) in [6, 6.07) is 9.10. The maximum atomic E-state index is 8.57. The molecule has 0 aliphatic carbocycles. The van der Waals surface area contributed by atoms with Crippen LogP contribution in [0.2, 0.25) is 10.0 Å². The molecule has 2 aromatic rings. The van der Waals surface area contributed by atoms with Crippen LogP contribution in [-0.2, 0) is 11.3 Å². The molecule has 2 rings (SSSR count). The molecule has 21 heavy (non-hydrogen) atoms. The third-order valence-electron chi connectivity index (χ3n) is 2.82. The van der Waals surface area contributed by atoms with Crippen LogP contribution in [0.3, 0.4) is 0 Å². The highest BCUT2D eigenvalue weighted by Crippen LogP contribution is 2.31. The number of aliphatic hydroxyl groups is 1. The van der Waals surface area contributed by atoms with Gasteiger partial charge >= 0.3 is 0 Å². The molecule has 114 valence electrons. The van der Waals surface area contributed by atoms with Crippen LogP contribution in [0, 0.1) is 0 Å². The van der Waals surface area contributed by atoms with E-state index < -0.39 is 0 Å². The van der Waals surface area contributed by atoms with Gasteiger partial charge in [0.2, 0.25) is 0 Å². The van der Waals surface area contributed by atoms with Gasteiger partial charge in [0.15, 0.2) is 0 Å². The zero-order chi connectivity index (χ0) is 15.1. The molecule has 0 aliphatic rings. The number of ether oxygens (including phenoxy) is 1. The van der Waals surface area contributed by atoms with Crippen LogP contribution in [0.25, 0.3) is 11.3 Å². The van der Waals surface area contributed by atoms with Gasteiger partial charge in [0.1, 0.15) is 11.5 Å². The van der Waals surface area contributed by atoms with E-state index in [0.29, 0.717) is 42.1 Å². The van der Waals surface area contributed by atoms with Crippen LogP contribution in [-0.4, -0.2) is 31.5 Å². The number of furan rings is 1. The summed E-state index contributed by atoms with van der Waals surface area (Å²) >= 11 is 12.0. The van der Waals surface area contributed by atoms with Crippen molar-refractivity contribution in [2.75, 3.05) is 26.4 Å². The third kappa shape index (κ3) is 5.02. The fourth-order valence-corrected chi connectivity index (χ4v) is 2.33. The number of halogens is 2. The Morgan fingerprint density at radius 2 is 2.00 bits per heavy atom. The molecule has 0 bridgehead atoms. The highest BCUT2D eigenvalue weighted by molar-refractivity contribution is 6.36. The Hall–Kier alpha value is -1.04. The molecule has 0 spiro atoms. The first-order valence-electron chi connectivity index (χ1n) is 6.64. The van der Waals surface area contributed by atoms with Crippen molar-refractivity contribution in [3.05, 3.63) is 46.1 Å². The fourth-order valence-electron chi connectivity index (χ4n) is 1.83. The molecule has 6 heteroatoms. The van der Waals surface area contributed by atoms with E-state index in [1.165, 1.54) is 0 Å². The number of aliphatic hydroxyl groups excluding tert-OH is 1. The average Bonchev–Trinajstić information content (AvgIpc) is 2.91. The Labute approximate surface area is 133 Å². The summed E-state index contributed by atoms with van der Waals surface area (Å²) in [6.07, 6.45) is 0. The number of rotatable bonds is 8. The van der Waals surface area contributed by atoms with Gasteiger partial charge < -0.3 is 19.6 Å². The Morgan fingerprint density at radius 3 is 2.76 bits per heavy atom. The van der Waals surface area contributed by atoms with Gasteiger partial charge in [-0.3, -0.25) is 0 Å². The van der Waals surface area contributed by atoms with Crippen molar-refractivity contribution in [2.45, 2.75) is 6.54 Å². The minimum absolute atomic E-state index is 0.0450. The second-order valence-corrected chi connectivity index (χ2v) is 5.25. The minimum Gasteiger partial charge on any atom is -0.460 e. The van der Waals surface area contributed by atoms with Gasteiger partial charge in [0.25, 0.3) is 0 Å². The summed E-state index contributed by atoms with van der Waals surface area (Å²) in [5, 5.41) is 12.9. The number of hydrogen-bond acceptors (Lipinski definition) is 4. The van der Waals surface area contributed by atoms with E-state index in [1.807, 2.05) is 18.2 Å². The first-order valence-corrected chi connectivity index (χ1v) is 7.40. The lowest BCUT2D eigenvalue weighted by molar-refractivity contribution is 0.0936. The van der Waals surface area contributed by atoms with Crippen LogP contribution in [0.15, 0.2) is 34.7 Å². The Kier molecular flexibility index (Phi) is 6.54. The zero-order valence-corrected chi connectivity index (χ0v) is 13.0. The smallest absolute Gasteiger partial charge is 0.135 e. The van der Waals surface area contributed by atoms with E-state index in [1.54, 1.807) is 12.1 Å². The molecule has 0 amide bonds. The van der Waals surface area contributed by atoms with Crippen LogP contribution in [0.4, 0.5) is 0 Å². The average molecular weight is 330 g/mol. The maximum Gasteiger partial charge on any atom is 0.135 e.